The molecule has 1 N–H and O–H groups in total. The summed E-state index contributed by atoms with van der Waals surface area (Å²) in [6.07, 6.45) is 0. The van der Waals surface area contributed by atoms with Crippen LogP contribution in [0.15, 0.2) is 0 Å². The van der Waals surface area contributed by atoms with Crippen LogP contribution >= 0.6 is 0 Å². The van der Waals surface area contributed by atoms with Crippen LogP contribution in [0.2, 0.25) is 0 Å². The van der Waals surface area contributed by atoms with Crippen molar-refractivity contribution in [3.05, 3.63) is 0 Å². The molecule has 0 saturated heterocycles. The predicted octanol–water partition coefficient (Wildman–Crippen LogP) is 2.37. The molecule has 0 aliphatic carbocycles. The van der Waals surface area contributed by atoms with Gasteiger partial charge in [0, 0.05) is 25.1 Å². The van der Waals surface area contributed by atoms with E-state index >= 15 is 0 Å². The van der Waals surface area contributed by atoms with Crippen LogP contribution in [0.1, 0.15) is 34.6 Å². The summed E-state index contributed by atoms with van der Waals surface area (Å²) in [7, 11) is 1.69. The number of hydrogen-bond donors (Lipinski definition) is 1. The van der Waals surface area contributed by atoms with E-state index < -0.39 is 0 Å². The highest BCUT2D eigenvalue weighted by Crippen LogP contribution is 2.19. The Morgan fingerprint density at radius 2 is 1.86 bits per heavy atom. The lowest BCUT2D eigenvalue weighted by atomic mass is 9.93. The van der Waals surface area contributed by atoms with Crippen molar-refractivity contribution >= 4 is 5.84 Å². The van der Waals surface area contributed by atoms with E-state index in [1.54, 1.807) is 7.11 Å². The molecule has 84 valence electrons. The molecule has 0 aliphatic heterocycles. The van der Waals surface area contributed by atoms with Gasteiger partial charge in [0.25, 0.3) is 0 Å². The Kier molecular flexibility index (Phi) is 5.13. The molecule has 0 amide bonds. The maximum atomic E-state index is 8.08. The summed E-state index contributed by atoms with van der Waals surface area (Å²) >= 11 is 0. The first-order chi connectivity index (χ1) is 6.30. The van der Waals surface area contributed by atoms with Gasteiger partial charge in [-0.2, -0.15) is 0 Å². The topological polar surface area (TPSA) is 36.3 Å². The minimum Gasteiger partial charge on any atom is -0.383 e. The van der Waals surface area contributed by atoms with Crippen molar-refractivity contribution in [1.29, 1.82) is 5.41 Å². The second-order valence-electron chi connectivity index (χ2n) is 4.88. The van der Waals surface area contributed by atoms with E-state index in [-0.39, 0.29) is 5.41 Å². The van der Waals surface area contributed by atoms with Crippen LogP contribution in [-0.4, -0.2) is 37.0 Å². The molecule has 0 radical (unpaired) electrons. The Balaban J connectivity index is 4.42. The van der Waals surface area contributed by atoms with Crippen LogP contribution in [-0.2, 0) is 4.74 Å². The molecule has 0 fully saturated rings. The Hall–Kier alpha value is -0.570. The monoisotopic (exact) mass is 200 g/mol. The summed E-state index contributed by atoms with van der Waals surface area (Å²) < 4.78 is 5.05. The zero-order valence-electron chi connectivity index (χ0n) is 10.3. The molecule has 3 nitrogen and oxygen atoms in total. The first-order valence-electron chi connectivity index (χ1n) is 5.15. The van der Waals surface area contributed by atoms with E-state index in [9.17, 15) is 0 Å². The van der Waals surface area contributed by atoms with Crippen LogP contribution < -0.4 is 0 Å². The van der Waals surface area contributed by atoms with Crippen LogP contribution in [0.3, 0.4) is 0 Å². The lowest BCUT2D eigenvalue weighted by Gasteiger charge is -2.35. The third-order valence-electron chi connectivity index (χ3n) is 2.16. The van der Waals surface area contributed by atoms with Gasteiger partial charge in [-0.3, -0.25) is 5.41 Å². The summed E-state index contributed by atoms with van der Waals surface area (Å²) in [5, 5.41) is 8.08. The molecule has 3 heteroatoms. The van der Waals surface area contributed by atoms with Gasteiger partial charge in [-0.1, -0.05) is 20.8 Å². The van der Waals surface area contributed by atoms with Gasteiger partial charge < -0.3 is 9.64 Å². The van der Waals surface area contributed by atoms with E-state index in [1.807, 2.05) is 0 Å². The molecule has 14 heavy (non-hydrogen) atoms. The highest BCUT2D eigenvalue weighted by Gasteiger charge is 2.24. The minimum absolute atomic E-state index is 0.0853. The van der Waals surface area contributed by atoms with Gasteiger partial charge in [0.15, 0.2) is 0 Å². The molecule has 0 saturated carbocycles. The number of methoxy groups -OCH3 is 1. The summed E-state index contributed by atoms with van der Waals surface area (Å²) in [5.74, 6) is 0.685. The van der Waals surface area contributed by atoms with Crippen molar-refractivity contribution < 1.29 is 4.74 Å². The number of amidine groups is 1. The highest BCUT2D eigenvalue weighted by atomic mass is 16.5. The fourth-order valence-corrected chi connectivity index (χ4v) is 1.25. The second-order valence-corrected chi connectivity index (χ2v) is 4.88. The van der Waals surface area contributed by atoms with Gasteiger partial charge in [-0.15, -0.1) is 0 Å². The van der Waals surface area contributed by atoms with Crippen molar-refractivity contribution in [3.8, 4) is 0 Å². The molecule has 0 unspecified atom stereocenters. The standard InChI is InChI=1S/C11H24N2O/c1-9(2)13(7-8-14-6)10(12)11(3,4)5/h9,12H,7-8H2,1-6H3. The van der Waals surface area contributed by atoms with Gasteiger partial charge in [0.05, 0.1) is 6.61 Å². The summed E-state index contributed by atoms with van der Waals surface area (Å²) in [4.78, 5) is 2.09. The molecule has 0 aliphatic rings. The molecule has 0 heterocycles. The highest BCUT2D eigenvalue weighted by molar-refractivity contribution is 5.84. The van der Waals surface area contributed by atoms with E-state index in [1.165, 1.54) is 0 Å². The Morgan fingerprint density at radius 3 is 2.14 bits per heavy atom. The first kappa shape index (κ1) is 13.4. The maximum Gasteiger partial charge on any atom is 0.102 e. The van der Waals surface area contributed by atoms with Crippen molar-refractivity contribution in [2.24, 2.45) is 5.41 Å². The first-order valence-corrected chi connectivity index (χ1v) is 5.15. The van der Waals surface area contributed by atoms with Crippen LogP contribution in [0.4, 0.5) is 0 Å². The summed E-state index contributed by atoms with van der Waals surface area (Å²) in [6, 6.07) is 0.358. The molecular weight excluding hydrogens is 176 g/mol. The lowest BCUT2D eigenvalue weighted by molar-refractivity contribution is 0.161. The Morgan fingerprint density at radius 1 is 1.36 bits per heavy atom. The largest absolute Gasteiger partial charge is 0.383 e. The lowest BCUT2D eigenvalue weighted by Crippen LogP contribution is -2.44. The van der Waals surface area contributed by atoms with Gasteiger partial charge in [-0.05, 0) is 13.8 Å². The van der Waals surface area contributed by atoms with E-state index in [0.29, 0.717) is 18.5 Å². The molecule has 0 aromatic heterocycles. The Labute approximate surface area is 87.9 Å². The van der Waals surface area contributed by atoms with Gasteiger partial charge >= 0.3 is 0 Å². The number of nitrogens with one attached hydrogen (secondary N) is 1. The van der Waals surface area contributed by atoms with E-state index in [2.05, 4.69) is 39.5 Å². The van der Waals surface area contributed by atoms with Crippen molar-refractivity contribution in [1.82, 2.24) is 4.90 Å². The van der Waals surface area contributed by atoms with Crippen molar-refractivity contribution in [2.45, 2.75) is 40.7 Å². The average Bonchev–Trinajstić information content (AvgIpc) is 2.02. The molecule has 0 spiro atoms. The summed E-state index contributed by atoms with van der Waals surface area (Å²) in [6.45, 7) is 11.9. The zero-order valence-corrected chi connectivity index (χ0v) is 10.3. The number of hydrogen-bond acceptors (Lipinski definition) is 2. The Bertz CT molecular complexity index is 182. The van der Waals surface area contributed by atoms with Gasteiger partial charge in [0.2, 0.25) is 0 Å². The van der Waals surface area contributed by atoms with Crippen molar-refractivity contribution in [2.75, 3.05) is 20.3 Å². The molecule has 0 atom stereocenters. The maximum absolute atomic E-state index is 8.08. The normalized spacial score (nSPS) is 11.9. The fraction of sp³-hybridized carbons (Fsp3) is 0.909. The van der Waals surface area contributed by atoms with E-state index in [0.717, 1.165) is 6.54 Å². The summed E-state index contributed by atoms with van der Waals surface area (Å²) in [5.41, 5.74) is -0.0853. The SMILES string of the molecule is COCCN(C(=N)C(C)(C)C)C(C)C. The average molecular weight is 200 g/mol. The third kappa shape index (κ3) is 4.09. The second kappa shape index (κ2) is 5.35. The number of nitrogens with zero attached hydrogens (tertiary/aromatic N) is 1. The van der Waals surface area contributed by atoms with Gasteiger partial charge in [-0.25, -0.2) is 0 Å². The van der Waals surface area contributed by atoms with Crippen molar-refractivity contribution in [3.63, 3.8) is 0 Å². The smallest absolute Gasteiger partial charge is 0.102 e. The van der Waals surface area contributed by atoms with Crippen LogP contribution in [0, 0.1) is 10.8 Å². The quantitative estimate of drug-likeness (QED) is 0.558. The molecular formula is C11H24N2O. The van der Waals surface area contributed by atoms with Crippen LogP contribution in [0.25, 0.3) is 0 Å². The number of rotatable bonds is 4. The fourth-order valence-electron chi connectivity index (χ4n) is 1.25. The van der Waals surface area contributed by atoms with Gasteiger partial charge in [0.1, 0.15) is 5.84 Å². The third-order valence-corrected chi connectivity index (χ3v) is 2.16. The predicted molar refractivity (Wildman–Crippen MR) is 60.9 cm³/mol. The zero-order chi connectivity index (χ0) is 11.4. The molecule has 0 rings (SSSR count). The molecule has 0 aromatic carbocycles. The molecule has 0 bridgehead atoms. The van der Waals surface area contributed by atoms with E-state index in [4.69, 9.17) is 10.1 Å². The van der Waals surface area contributed by atoms with Crippen LogP contribution in [0.5, 0.6) is 0 Å². The number of ether oxygens (including phenoxy) is 1. The minimum atomic E-state index is -0.0853. The molecule has 0 aromatic rings.